The van der Waals surface area contributed by atoms with Crippen LogP contribution in [0.25, 0.3) is 22.4 Å². The molecule has 0 amide bonds. The van der Waals surface area contributed by atoms with Gasteiger partial charge in [-0.2, -0.15) is 0 Å². The fourth-order valence-corrected chi connectivity index (χ4v) is 2.35. The summed E-state index contributed by atoms with van der Waals surface area (Å²) in [5, 5.41) is 0. The van der Waals surface area contributed by atoms with Crippen molar-refractivity contribution >= 4 is 27.2 Å². The number of aromatic nitrogens is 2. The molecule has 0 spiro atoms. The van der Waals surface area contributed by atoms with Gasteiger partial charge in [-0.05, 0) is 12.1 Å². The molecule has 0 atom stereocenters. The van der Waals surface area contributed by atoms with Crippen molar-refractivity contribution in [3.63, 3.8) is 0 Å². The highest BCUT2D eigenvalue weighted by atomic mass is 79.9. The van der Waals surface area contributed by atoms with Gasteiger partial charge in [0.05, 0.1) is 27.2 Å². The normalized spacial score (nSPS) is 10.8. The Morgan fingerprint density at radius 3 is 2.31 bits per heavy atom. The number of benzene rings is 2. The molecule has 0 fully saturated rings. The third kappa shape index (κ3) is 1.44. The Kier molecular flexibility index (Phi) is 2.26. The van der Waals surface area contributed by atoms with E-state index in [-0.39, 0.29) is 0 Å². The molecule has 0 saturated heterocycles. The summed E-state index contributed by atoms with van der Waals surface area (Å²) in [4.78, 5) is 4.60. The number of nitrogens with zero attached hydrogens (tertiary/aromatic N) is 2. The summed E-state index contributed by atoms with van der Waals surface area (Å²) in [5.74, 6) is 0.932. The Morgan fingerprint density at radius 1 is 0.875 bits per heavy atom. The lowest BCUT2D eigenvalue weighted by Gasteiger charge is -1.99. The topological polar surface area (TPSA) is 17.8 Å². The van der Waals surface area contributed by atoms with Gasteiger partial charge < -0.3 is 0 Å². The molecule has 0 aliphatic carbocycles. The molecule has 0 aliphatic heterocycles. The van der Waals surface area contributed by atoms with E-state index in [0.717, 1.165) is 22.4 Å². The smallest absolute Gasteiger partial charge is 0.151 e. The van der Waals surface area contributed by atoms with Crippen LogP contribution in [0.3, 0.4) is 0 Å². The number of hydrogen-bond acceptors (Lipinski definition) is 1. The van der Waals surface area contributed by atoms with Gasteiger partial charge in [0.25, 0.3) is 0 Å². The Morgan fingerprint density at radius 2 is 1.56 bits per heavy atom. The van der Waals surface area contributed by atoms with Gasteiger partial charge in [0.1, 0.15) is 0 Å². The van der Waals surface area contributed by atoms with Gasteiger partial charge in [0.2, 0.25) is 0 Å². The minimum absolute atomic E-state index is 0.932. The minimum atomic E-state index is 0.932. The zero-order valence-electron chi connectivity index (χ0n) is 8.47. The third-order valence-corrected chi connectivity index (χ3v) is 3.26. The second-order valence-electron chi connectivity index (χ2n) is 3.57. The number of halogens is 1. The van der Waals surface area contributed by atoms with Crippen molar-refractivity contribution in [1.29, 1.82) is 0 Å². The predicted molar refractivity (Wildman–Crippen MR) is 69.5 cm³/mol. The molecule has 0 radical (unpaired) electrons. The zero-order chi connectivity index (χ0) is 11.0. The van der Waals surface area contributed by atoms with E-state index in [2.05, 4.69) is 33.3 Å². The first-order chi connectivity index (χ1) is 7.86. The van der Waals surface area contributed by atoms with Gasteiger partial charge in [0, 0.05) is 5.56 Å². The second-order valence-corrected chi connectivity index (χ2v) is 4.28. The molecular weight excluding hydrogens is 264 g/mol. The van der Waals surface area contributed by atoms with Crippen LogP contribution in [0.15, 0.2) is 54.6 Å². The summed E-state index contributed by atoms with van der Waals surface area (Å²) in [6.07, 6.45) is 0. The van der Waals surface area contributed by atoms with Crippen molar-refractivity contribution in [2.75, 3.05) is 0 Å². The molecule has 0 aliphatic rings. The molecule has 0 bridgehead atoms. The van der Waals surface area contributed by atoms with Crippen LogP contribution in [0, 0.1) is 0 Å². The Labute approximate surface area is 102 Å². The average molecular weight is 273 g/mol. The fourth-order valence-electron chi connectivity index (χ4n) is 1.76. The van der Waals surface area contributed by atoms with E-state index >= 15 is 0 Å². The molecule has 1 heterocycles. The van der Waals surface area contributed by atoms with Gasteiger partial charge >= 0.3 is 0 Å². The molecule has 78 valence electrons. The Balaban J connectivity index is 2.29. The van der Waals surface area contributed by atoms with E-state index < -0.39 is 0 Å². The first-order valence-electron chi connectivity index (χ1n) is 5.05. The molecule has 3 rings (SSSR count). The maximum atomic E-state index is 4.60. The lowest BCUT2D eigenvalue weighted by Crippen LogP contribution is -1.85. The maximum Gasteiger partial charge on any atom is 0.151 e. The predicted octanol–water partition coefficient (Wildman–Crippen LogP) is 3.86. The maximum absolute atomic E-state index is 4.60. The van der Waals surface area contributed by atoms with Gasteiger partial charge in [0.15, 0.2) is 5.82 Å². The van der Waals surface area contributed by atoms with Crippen LogP contribution in [0.2, 0.25) is 0 Å². The molecule has 3 heteroatoms. The third-order valence-electron chi connectivity index (χ3n) is 2.54. The largest absolute Gasteiger partial charge is 0.258 e. The van der Waals surface area contributed by atoms with Crippen molar-refractivity contribution in [3.8, 4) is 11.4 Å². The average Bonchev–Trinajstić information content (AvgIpc) is 2.69. The van der Waals surface area contributed by atoms with Crippen LogP contribution in [-0.2, 0) is 0 Å². The van der Waals surface area contributed by atoms with Gasteiger partial charge in [-0.1, -0.05) is 42.5 Å². The monoisotopic (exact) mass is 272 g/mol. The van der Waals surface area contributed by atoms with E-state index in [4.69, 9.17) is 0 Å². The molecule has 2 nitrogen and oxygen atoms in total. The van der Waals surface area contributed by atoms with Crippen molar-refractivity contribution in [3.05, 3.63) is 54.6 Å². The standard InChI is InChI=1S/C13H9BrN2/c14-16-12-9-5-4-8-11(12)15-13(16)10-6-2-1-3-7-10/h1-9H. The van der Waals surface area contributed by atoms with Crippen LogP contribution < -0.4 is 0 Å². The molecule has 2 aromatic carbocycles. The number of hydrogen-bond donors (Lipinski definition) is 0. The van der Waals surface area contributed by atoms with Crippen LogP contribution in [-0.4, -0.2) is 8.58 Å². The fraction of sp³-hybridized carbons (Fsp3) is 0. The number of rotatable bonds is 1. The molecule has 3 aromatic rings. The zero-order valence-corrected chi connectivity index (χ0v) is 10.1. The van der Waals surface area contributed by atoms with E-state index in [1.807, 2.05) is 46.1 Å². The summed E-state index contributed by atoms with van der Waals surface area (Å²) in [5.41, 5.74) is 3.19. The summed E-state index contributed by atoms with van der Waals surface area (Å²) >= 11 is 3.54. The first kappa shape index (κ1) is 9.60. The molecule has 16 heavy (non-hydrogen) atoms. The van der Waals surface area contributed by atoms with E-state index in [0.29, 0.717) is 0 Å². The summed E-state index contributed by atoms with van der Waals surface area (Å²) in [6.45, 7) is 0. The van der Waals surface area contributed by atoms with Gasteiger partial charge in [-0.15, -0.1) is 0 Å². The minimum Gasteiger partial charge on any atom is -0.258 e. The van der Waals surface area contributed by atoms with Crippen molar-refractivity contribution in [1.82, 2.24) is 8.58 Å². The summed E-state index contributed by atoms with van der Waals surface area (Å²) in [7, 11) is 0. The Bertz CT molecular complexity index is 629. The van der Waals surface area contributed by atoms with E-state index in [9.17, 15) is 0 Å². The van der Waals surface area contributed by atoms with E-state index in [1.165, 1.54) is 0 Å². The lowest BCUT2D eigenvalue weighted by atomic mass is 10.2. The highest BCUT2D eigenvalue weighted by Crippen LogP contribution is 2.26. The van der Waals surface area contributed by atoms with Gasteiger partial charge in [-0.3, -0.25) is 3.59 Å². The van der Waals surface area contributed by atoms with Crippen LogP contribution in [0.5, 0.6) is 0 Å². The number of imidazole rings is 1. The van der Waals surface area contributed by atoms with Crippen molar-refractivity contribution in [2.45, 2.75) is 0 Å². The van der Waals surface area contributed by atoms with Crippen LogP contribution in [0.1, 0.15) is 0 Å². The molecular formula is C13H9BrN2. The van der Waals surface area contributed by atoms with Crippen molar-refractivity contribution in [2.24, 2.45) is 0 Å². The number of fused-ring (bicyclic) bond motifs is 1. The number of para-hydroxylation sites is 2. The van der Waals surface area contributed by atoms with Crippen LogP contribution >= 0.6 is 16.1 Å². The SMILES string of the molecule is Brn1c(-c2ccccc2)nc2ccccc21. The first-order valence-corrected chi connectivity index (χ1v) is 5.76. The molecule has 0 unspecified atom stereocenters. The highest BCUT2D eigenvalue weighted by molar-refractivity contribution is 9.08. The quantitative estimate of drug-likeness (QED) is 0.658. The second kappa shape index (κ2) is 3.76. The van der Waals surface area contributed by atoms with Gasteiger partial charge in [-0.25, -0.2) is 4.98 Å². The molecule has 0 N–H and O–H groups in total. The molecule has 1 aromatic heterocycles. The van der Waals surface area contributed by atoms with Crippen LogP contribution in [0.4, 0.5) is 0 Å². The highest BCUT2D eigenvalue weighted by Gasteiger charge is 2.09. The Hall–Kier alpha value is -1.61. The lowest BCUT2D eigenvalue weighted by molar-refractivity contribution is 1.29. The van der Waals surface area contributed by atoms with Crippen molar-refractivity contribution < 1.29 is 0 Å². The summed E-state index contributed by atoms with van der Waals surface area (Å²) < 4.78 is 1.94. The molecule has 0 saturated carbocycles. The summed E-state index contributed by atoms with van der Waals surface area (Å²) in [6, 6.07) is 18.2. The van der Waals surface area contributed by atoms with E-state index in [1.54, 1.807) is 0 Å².